The standard InChI is InChI=1S/C12H9ClFN3/c13-11-2-1-3-12(10(11)5-15)17-9-4-8(14)6-16-7-9/h1-7,15,17H. The molecule has 0 amide bonds. The molecule has 1 aromatic carbocycles. The van der Waals surface area contributed by atoms with E-state index in [1.807, 2.05) is 0 Å². The van der Waals surface area contributed by atoms with Gasteiger partial charge >= 0.3 is 0 Å². The van der Waals surface area contributed by atoms with Gasteiger partial charge in [-0.2, -0.15) is 0 Å². The Morgan fingerprint density at radius 3 is 2.88 bits per heavy atom. The topological polar surface area (TPSA) is 48.8 Å². The Labute approximate surface area is 103 Å². The van der Waals surface area contributed by atoms with Crippen molar-refractivity contribution in [3.8, 4) is 0 Å². The fraction of sp³-hybridized carbons (Fsp3) is 0. The number of nitrogens with one attached hydrogen (secondary N) is 2. The fourth-order valence-corrected chi connectivity index (χ4v) is 1.66. The van der Waals surface area contributed by atoms with Crippen LogP contribution in [0.1, 0.15) is 5.56 Å². The Morgan fingerprint density at radius 2 is 2.18 bits per heavy atom. The highest BCUT2D eigenvalue weighted by Gasteiger charge is 2.05. The molecule has 0 bridgehead atoms. The average Bonchev–Trinajstić information content (AvgIpc) is 2.29. The molecule has 0 unspecified atom stereocenters. The summed E-state index contributed by atoms with van der Waals surface area (Å²) in [5, 5.41) is 10.7. The number of anilines is 2. The SMILES string of the molecule is N=Cc1c(Cl)cccc1Nc1cncc(F)c1. The second kappa shape index (κ2) is 4.93. The first-order chi connectivity index (χ1) is 8.20. The Bertz CT molecular complexity index is 557. The minimum Gasteiger partial charge on any atom is -0.354 e. The van der Waals surface area contributed by atoms with Gasteiger partial charge in [-0.3, -0.25) is 4.98 Å². The van der Waals surface area contributed by atoms with E-state index in [9.17, 15) is 4.39 Å². The normalized spacial score (nSPS) is 10.0. The predicted molar refractivity (Wildman–Crippen MR) is 66.8 cm³/mol. The molecular formula is C12H9ClFN3. The zero-order valence-corrected chi connectivity index (χ0v) is 9.50. The number of pyridine rings is 1. The van der Waals surface area contributed by atoms with Crippen LogP contribution in [-0.4, -0.2) is 11.2 Å². The second-order valence-electron chi connectivity index (χ2n) is 3.36. The molecule has 0 aliphatic carbocycles. The van der Waals surface area contributed by atoms with Crippen LogP contribution >= 0.6 is 11.6 Å². The Morgan fingerprint density at radius 1 is 1.35 bits per heavy atom. The van der Waals surface area contributed by atoms with E-state index in [1.54, 1.807) is 18.2 Å². The Balaban J connectivity index is 2.36. The molecule has 86 valence electrons. The average molecular weight is 250 g/mol. The van der Waals surface area contributed by atoms with Crippen molar-refractivity contribution in [2.75, 3.05) is 5.32 Å². The summed E-state index contributed by atoms with van der Waals surface area (Å²) >= 11 is 5.95. The van der Waals surface area contributed by atoms with Gasteiger partial charge in [0.25, 0.3) is 0 Å². The van der Waals surface area contributed by atoms with Crippen molar-refractivity contribution in [1.82, 2.24) is 4.98 Å². The summed E-state index contributed by atoms with van der Waals surface area (Å²) in [4.78, 5) is 3.73. The minimum atomic E-state index is -0.423. The molecule has 2 N–H and O–H groups in total. The minimum absolute atomic E-state index is 0.423. The molecule has 2 aromatic rings. The quantitative estimate of drug-likeness (QED) is 0.817. The number of hydrogen-bond donors (Lipinski definition) is 2. The van der Waals surface area contributed by atoms with Crippen molar-refractivity contribution in [1.29, 1.82) is 5.41 Å². The van der Waals surface area contributed by atoms with Crippen LogP contribution in [0, 0.1) is 11.2 Å². The molecule has 17 heavy (non-hydrogen) atoms. The highest BCUT2D eigenvalue weighted by Crippen LogP contribution is 2.25. The number of aromatic nitrogens is 1. The van der Waals surface area contributed by atoms with Crippen molar-refractivity contribution in [3.05, 3.63) is 53.1 Å². The van der Waals surface area contributed by atoms with Crippen LogP contribution in [0.25, 0.3) is 0 Å². The predicted octanol–water partition coefficient (Wildman–Crippen LogP) is 3.62. The molecule has 0 fully saturated rings. The lowest BCUT2D eigenvalue weighted by Crippen LogP contribution is -1.97. The Kier molecular flexibility index (Phi) is 3.35. The molecule has 0 aliphatic rings. The van der Waals surface area contributed by atoms with Crippen molar-refractivity contribution in [2.45, 2.75) is 0 Å². The third-order valence-corrected chi connectivity index (χ3v) is 2.51. The highest BCUT2D eigenvalue weighted by atomic mass is 35.5. The molecule has 2 rings (SSSR count). The van der Waals surface area contributed by atoms with Gasteiger partial charge in [-0.1, -0.05) is 17.7 Å². The van der Waals surface area contributed by atoms with Gasteiger partial charge in [0, 0.05) is 23.5 Å². The van der Waals surface area contributed by atoms with E-state index < -0.39 is 5.82 Å². The van der Waals surface area contributed by atoms with Crippen LogP contribution in [0.3, 0.4) is 0 Å². The smallest absolute Gasteiger partial charge is 0.143 e. The van der Waals surface area contributed by atoms with Crippen LogP contribution in [0.15, 0.2) is 36.7 Å². The molecule has 5 heteroatoms. The molecular weight excluding hydrogens is 241 g/mol. The van der Waals surface area contributed by atoms with E-state index in [0.29, 0.717) is 22.0 Å². The van der Waals surface area contributed by atoms with E-state index in [-0.39, 0.29) is 0 Å². The number of hydrogen-bond acceptors (Lipinski definition) is 3. The highest BCUT2D eigenvalue weighted by molar-refractivity contribution is 6.33. The van der Waals surface area contributed by atoms with E-state index in [1.165, 1.54) is 12.3 Å². The van der Waals surface area contributed by atoms with Crippen molar-refractivity contribution >= 4 is 29.2 Å². The number of benzene rings is 1. The van der Waals surface area contributed by atoms with Gasteiger partial charge in [-0.25, -0.2) is 4.39 Å². The van der Waals surface area contributed by atoms with Gasteiger partial charge in [0.15, 0.2) is 0 Å². The molecule has 0 radical (unpaired) electrons. The molecule has 0 aliphatic heterocycles. The van der Waals surface area contributed by atoms with Crippen molar-refractivity contribution in [2.24, 2.45) is 0 Å². The van der Waals surface area contributed by atoms with Gasteiger partial charge in [0.05, 0.1) is 23.1 Å². The van der Waals surface area contributed by atoms with Gasteiger partial charge in [0.1, 0.15) is 5.82 Å². The van der Waals surface area contributed by atoms with Gasteiger partial charge in [0.2, 0.25) is 0 Å². The molecule has 1 aromatic heterocycles. The van der Waals surface area contributed by atoms with Gasteiger partial charge in [-0.05, 0) is 12.1 Å². The summed E-state index contributed by atoms with van der Waals surface area (Å²) < 4.78 is 13.0. The first-order valence-corrected chi connectivity index (χ1v) is 5.25. The van der Waals surface area contributed by atoms with E-state index in [4.69, 9.17) is 17.0 Å². The second-order valence-corrected chi connectivity index (χ2v) is 3.77. The largest absolute Gasteiger partial charge is 0.354 e. The number of nitrogens with zero attached hydrogens (tertiary/aromatic N) is 1. The fourth-order valence-electron chi connectivity index (χ4n) is 1.43. The number of rotatable bonds is 3. The number of halogens is 2. The molecule has 0 spiro atoms. The monoisotopic (exact) mass is 249 g/mol. The molecule has 0 atom stereocenters. The third-order valence-electron chi connectivity index (χ3n) is 2.18. The van der Waals surface area contributed by atoms with Crippen LogP contribution in [0.5, 0.6) is 0 Å². The Hall–Kier alpha value is -1.94. The molecule has 3 nitrogen and oxygen atoms in total. The molecule has 0 saturated heterocycles. The third kappa shape index (κ3) is 2.60. The summed E-state index contributed by atoms with van der Waals surface area (Å²) in [5.74, 6) is -0.423. The summed E-state index contributed by atoms with van der Waals surface area (Å²) in [6.45, 7) is 0. The van der Waals surface area contributed by atoms with Crippen LogP contribution in [0.4, 0.5) is 15.8 Å². The molecule has 1 heterocycles. The summed E-state index contributed by atoms with van der Waals surface area (Å²) in [5.41, 5.74) is 1.70. The van der Waals surface area contributed by atoms with Crippen molar-refractivity contribution < 1.29 is 4.39 Å². The van der Waals surface area contributed by atoms with Crippen molar-refractivity contribution in [3.63, 3.8) is 0 Å². The first-order valence-electron chi connectivity index (χ1n) is 4.87. The first kappa shape index (κ1) is 11.5. The summed E-state index contributed by atoms with van der Waals surface area (Å²) in [6.07, 6.45) is 3.77. The zero-order chi connectivity index (χ0) is 12.3. The van der Waals surface area contributed by atoms with Crippen LogP contribution in [0.2, 0.25) is 5.02 Å². The maximum Gasteiger partial charge on any atom is 0.143 e. The zero-order valence-electron chi connectivity index (χ0n) is 8.74. The lowest BCUT2D eigenvalue weighted by Gasteiger charge is -2.10. The lowest BCUT2D eigenvalue weighted by atomic mass is 10.2. The van der Waals surface area contributed by atoms with Gasteiger partial charge < -0.3 is 10.7 Å². The molecule has 0 saturated carbocycles. The maximum absolute atomic E-state index is 13.0. The maximum atomic E-state index is 13.0. The van der Waals surface area contributed by atoms with E-state index in [0.717, 1.165) is 12.4 Å². The summed E-state index contributed by atoms with van der Waals surface area (Å²) in [7, 11) is 0. The van der Waals surface area contributed by atoms with Gasteiger partial charge in [-0.15, -0.1) is 0 Å². The lowest BCUT2D eigenvalue weighted by molar-refractivity contribution is 0.622. The van der Waals surface area contributed by atoms with Crippen LogP contribution < -0.4 is 5.32 Å². The summed E-state index contributed by atoms with van der Waals surface area (Å²) in [6, 6.07) is 6.53. The van der Waals surface area contributed by atoms with E-state index in [2.05, 4.69) is 10.3 Å². The van der Waals surface area contributed by atoms with Crippen LogP contribution in [-0.2, 0) is 0 Å². The van der Waals surface area contributed by atoms with E-state index >= 15 is 0 Å².